The van der Waals surface area contributed by atoms with Gasteiger partial charge in [-0.3, -0.25) is 0 Å². The van der Waals surface area contributed by atoms with E-state index in [4.69, 9.17) is 4.74 Å². The van der Waals surface area contributed by atoms with E-state index >= 15 is 0 Å². The molecule has 1 amide bonds. The monoisotopic (exact) mass is 277 g/mol. The summed E-state index contributed by atoms with van der Waals surface area (Å²) in [7, 11) is 1.05. The maximum atomic E-state index is 13.2. The summed E-state index contributed by atoms with van der Waals surface area (Å²) in [5.74, 6) is -5.59. The van der Waals surface area contributed by atoms with Crippen LogP contribution in [0, 0.1) is 5.92 Å². The van der Waals surface area contributed by atoms with Crippen molar-refractivity contribution in [3.8, 4) is 0 Å². The lowest BCUT2D eigenvalue weighted by molar-refractivity contribution is -0.144. The molecule has 0 aromatic heterocycles. The van der Waals surface area contributed by atoms with Crippen LogP contribution in [0.25, 0.3) is 0 Å². The third kappa shape index (κ3) is 3.42. The number of alkyl halides is 2. The van der Waals surface area contributed by atoms with Crippen LogP contribution in [-0.4, -0.2) is 36.7 Å². The van der Waals surface area contributed by atoms with Crippen LogP contribution in [0.4, 0.5) is 13.6 Å². The first kappa shape index (κ1) is 15.4. The Labute approximate surface area is 109 Å². The normalized spacial score (nSPS) is 22.4. The number of hydrogen-bond donors (Lipinski definition) is 1. The molecule has 0 spiro atoms. The van der Waals surface area contributed by atoms with Crippen molar-refractivity contribution in [1.82, 2.24) is 5.32 Å². The highest BCUT2D eigenvalue weighted by atomic mass is 19.3. The van der Waals surface area contributed by atoms with E-state index in [1.54, 1.807) is 20.8 Å². The Hall–Kier alpha value is -1.66. The minimum Gasteiger partial charge on any atom is -0.467 e. The number of hydrogen-bond acceptors (Lipinski definition) is 4. The van der Waals surface area contributed by atoms with Crippen molar-refractivity contribution in [2.24, 2.45) is 5.92 Å². The van der Waals surface area contributed by atoms with Crippen LogP contribution in [0.2, 0.25) is 0 Å². The summed E-state index contributed by atoms with van der Waals surface area (Å²) in [4.78, 5) is 23.0. The first-order valence-corrected chi connectivity index (χ1v) is 5.65. The fraction of sp³-hybridized carbons (Fsp3) is 0.667. The maximum absolute atomic E-state index is 13.2. The van der Waals surface area contributed by atoms with E-state index in [9.17, 15) is 18.4 Å². The van der Waals surface area contributed by atoms with Crippen LogP contribution >= 0.6 is 0 Å². The van der Waals surface area contributed by atoms with Gasteiger partial charge in [0, 0.05) is 5.57 Å². The van der Waals surface area contributed by atoms with E-state index in [0.717, 1.165) is 7.11 Å². The van der Waals surface area contributed by atoms with E-state index in [-0.39, 0.29) is 0 Å². The van der Waals surface area contributed by atoms with E-state index in [1.807, 2.05) is 0 Å². The highest BCUT2D eigenvalue weighted by Crippen LogP contribution is 2.55. The zero-order valence-corrected chi connectivity index (χ0v) is 11.3. The smallest absolute Gasteiger partial charge is 0.408 e. The third-order valence-electron chi connectivity index (χ3n) is 2.57. The van der Waals surface area contributed by atoms with Crippen molar-refractivity contribution in [3.05, 3.63) is 12.2 Å². The highest BCUT2D eigenvalue weighted by molar-refractivity contribution is 5.83. The zero-order chi connectivity index (χ0) is 15.0. The number of rotatable bonds is 3. The molecule has 5 nitrogen and oxygen atoms in total. The number of methoxy groups -OCH3 is 1. The number of carbonyl (C=O) groups is 2. The second-order valence-corrected chi connectivity index (χ2v) is 5.27. The lowest BCUT2D eigenvalue weighted by Gasteiger charge is -2.22. The number of amides is 1. The maximum Gasteiger partial charge on any atom is 0.408 e. The molecule has 0 bridgehead atoms. The summed E-state index contributed by atoms with van der Waals surface area (Å²) in [5, 5.41) is 2.10. The SMILES string of the molecule is C=C1[C@H]([C@H](NC(=O)OC(C)(C)C)C(=O)OC)C1(F)F. The molecule has 0 aliphatic heterocycles. The molecule has 0 unspecified atom stereocenters. The Morgan fingerprint density at radius 2 is 1.89 bits per heavy atom. The molecule has 1 fully saturated rings. The Morgan fingerprint density at radius 1 is 1.42 bits per heavy atom. The molecule has 1 saturated carbocycles. The summed E-state index contributed by atoms with van der Waals surface area (Å²) in [6.45, 7) is 8.02. The molecule has 0 aromatic carbocycles. The van der Waals surface area contributed by atoms with Crippen LogP contribution < -0.4 is 5.32 Å². The van der Waals surface area contributed by atoms with E-state index in [2.05, 4.69) is 16.6 Å². The van der Waals surface area contributed by atoms with Gasteiger partial charge in [0.1, 0.15) is 11.6 Å². The lowest BCUT2D eigenvalue weighted by Crippen LogP contribution is -2.46. The second kappa shape index (κ2) is 4.79. The molecule has 0 heterocycles. The van der Waals surface area contributed by atoms with Gasteiger partial charge >= 0.3 is 12.1 Å². The van der Waals surface area contributed by atoms with Gasteiger partial charge in [-0.15, -0.1) is 0 Å². The Kier molecular flexibility index (Phi) is 3.88. The number of halogens is 2. The molecular weight excluding hydrogens is 260 g/mol. The Balaban J connectivity index is 2.76. The van der Waals surface area contributed by atoms with Gasteiger partial charge in [0.2, 0.25) is 0 Å². The van der Waals surface area contributed by atoms with Gasteiger partial charge in [0.15, 0.2) is 0 Å². The molecule has 2 atom stereocenters. The van der Waals surface area contributed by atoms with Gasteiger partial charge in [-0.2, -0.15) is 0 Å². The van der Waals surface area contributed by atoms with Crippen LogP contribution in [0.1, 0.15) is 20.8 Å². The first-order valence-electron chi connectivity index (χ1n) is 5.65. The van der Waals surface area contributed by atoms with E-state index in [0.29, 0.717) is 0 Å². The standard InChI is InChI=1S/C12H17F2NO4/c1-6-7(12(6,13)14)8(9(16)18-5)15-10(17)19-11(2,3)4/h7-8H,1H2,2-5H3,(H,15,17)/t7-,8+/m1/s1. The van der Waals surface area contributed by atoms with Gasteiger partial charge in [0.05, 0.1) is 13.0 Å². The fourth-order valence-electron chi connectivity index (χ4n) is 1.60. The van der Waals surface area contributed by atoms with Crippen molar-refractivity contribution in [2.75, 3.05) is 7.11 Å². The molecule has 1 aliphatic rings. The van der Waals surface area contributed by atoms with Crippen molar-refractivity contribution in [3.63, 3.8) is 0 Å². The number of esters is 1. The van der Waals surface area contributed by atoms with Gasteiger partial charge in [-0.1, -0.05) is 6.58 Å². The average molecular weight is 277 g/mol. The Morgan fingerprint density at radius 3 is 2.21 bits per heavy atom. The third-order valence-corrected chi connectivity index (χ3v) is 2.57. The summed E-state index contributed by atoms with van der Waals surface area (Å²) < 4.78 is 35.8. The zero-order valence-electron chi connectivity index (χ0n) is 11.3. The number of ether oxygens (including phenoxy) is 2. The largest absolute Gasteiger partial charge is 0.467 e. The van der Waals surface area contributed by atoms with E-state index in [1.165, 1.54) is 0 Å². The molecule has 0 saturated heterocycles. The van der Waals surface area contributed by atoms with Crippen LogP contribution in [-0.2, 0) is 14.3 Å². The molecular formula is C12H17F2NO4. The second-order valence-electron chi connectivity index (χ2n) is 5.27. The van der Waals surface area contributed by atoms with Gasteiger partial charge in [0.25, 0.3) is 5.92 Å². The lowest BCUT2D eigenvalue weighted by atomic mass is 10.1. The van der Waals surface area contributed by atoms with Gasteiger partial charge < -0.3 is 14.8 Å². The molecule has 108 valence electrons. The molecule has 0 radical (unpaired) electrons. The molecule has 19 heavy (non-hydrogen) atoms. The van der Waals surface area contributed by atoms with Crippen LogP contribution in [0.15, 0.2) is 12.2 Å². The van der Waals surface area contributed by atoms with Crippen LogP contribution in [0.3, 0.4) is 0 Å². The highest BCUT2D eigenvalue weighted by Gasteiger charge is 2.67. The minimum atomic E-state index is -3.17. The van der Waals surface area contributed by atoms with Gasteiger partial charge in [-0.05, 0) is 20.8 Å². The van der Waals surface area contributed by atoms with Crippen molar-refractivity contribution in [2.45, 2.75) is 38.3 Å². The summed E-state index contributed by atoms with van der Waals surface area (Å²) in [6, 6.07) is -1.50. The topological polar surface area (TPSA) is 64.6 Å². The summed E-state index contributed by atoms with van der Waals surface area (Å²) in [5.41, 5.74) is -1.20. The Bertz CT molecular complexity index is 414. The molecule has 1 N–H and O–H groups in total. The number of nitrogens with one attached hydrogen (secondary N) is 1. The van der Waals surface area contributed by atoms with Crippen molar-refractivity contribution in [1.29, 1.82) is 0 Å². The molecule has 1 aliphatic carbocycles. The average Bonchev–Trinajstić information content (AvgIpc) is 2.71. The van der Waals surface area contributed by atoms with Crippen molar-refractivity contribution >= 4 is 12.1 Å². The molecule has 1 rings (SSSR count). The minimum absolute atomic E-state index is 0.404. The van der Waals surface area contributed by atoms with E-state index < -0.39 is 41.1 Å². The molecule has 0 aromatic rings. The number of alkyl carbamates (subject to hydrolysis) is 1. The fourth-order valence-corrected chi connectivity index (χ4v) is 1.60. The molecule has 7 heteroatoms. The first-order chi connectivity index (χ1) is 8.50. The summed E-state index contributed by atoms with van der Waals surface area (Å²) in [6.07, 6.45) is -0.960. The van der Waals surface area contributed by atoms with Crippen LogP contribution in [0.5, 0.6) is 0 Å². The van der Waals surface area contributed by atoms with Gasteiger partial charge in [-0.25, -0.2) is 18.4 Å². The predicted octanol–water partition coefficient (Wildman–Crippen LogP) is 1.87. The number of carbonyl (C=O) groups excluding carboxylic acids is 2. The quantitative estimate of drug-likeness (QED) is 0.632. The summed E-state index contributed by atoms with van der Waals surface area (Å²) >= 11 is 0. The predicted molar refractivity (Wildman–Crippen MR) is 62.8 cm³/mol. The van der Waals surface area contributed by atoms with Crippen molar-refractivity contribution < 1.29 is 27.8 Å².